The predicted octanol–water partition coefficient (Wildman–Crippen LogP) is 5.90. The molecule has 0 saturated heterocycles. The van der Waals surface area contributed by atoms with E-state index in [1.807, 2.05) is 44.2 Å². The van der Waals surface area contributed by atoms with Crippen molar-refractivity contribution in [2.45, 2.75) is 26.3 Å². The van der Waals surface area contributed by atoms with Crippen molar-refractivity contribution in [3.8, 4) is 0 Å². The van der Waals surface area contributed by atoms with Gasteiger partial charge in [0, 0.05) is 17.8 Å². The van der Waals surface area contributed by atoms with Crippen LogP contribution in [0.5, 0.6) is 0 Å². The Morgan fingerprint density at radius 2 is 1.50 bits per heavy atom. The Hall–Kier alpha value is -4.32. The highest BCUT2D eigenvalue weighted by Gasteiger charge is 2.29. The Morgan fingerprint density at radius 3 is 2.18 bits per heavy atom. The molecule has 6 heteroatoms. The van der Waals surface area contributed by atoms with Gasteiger partial charge in [-0.2, -0.15) is 10.2 Å². The molecule has 168 valence electrons. The van der Waals surface area contributed by atoms with Crippen LogP contribution >= 0.6 is 0 Å². The summed E-state index contributed by atoms with van der Waals surface area (Å²) in [6.07, 6.45) is 2.62. The molecule has 1 aliphatic heterocycles. The lowest BCUT2D eigenvalue weighted by molar-refractivity contribution is 0.709. The number of nitrogens with one attached hydrogen (secondary N) is 1. The lowest BCUT2D eigenvalue weighted by atomic mass is 9.98. The van der Waals surface area contributed by atoms with E-state index in [9.17, 15) is 0 Å². The molecule has 1 N–H and O–H groups in total. The van der Waals surface area contributed by atoms with E-state index in [4.69, 9.17) is 5.10 Å². The minimum absolute atomic E-state index is 0.152. The van der Waals surface area contributed by atoms with Gasteiger partial charge in [-0.05, 0) is 48.7 Å². The quantitative estimate of drug-likeness (QED) is 0.296. The minimum atomic E-state index is 0.152. The van der Waals surface area contributed by atoms with Gasteiger partial charge in [-0.25, -0.2) is 15.4 Å². The zero-order valence-corrected chi connectivity index (χ0v) is 19.3. The summed E-state index contributed by atoms with van der Waals surface area (Å²) in [5, 5.41) is 11.4. The van der Waals surface area contributed by atoms with E-state index in [1.165, 1.54) is 5.56 Å². The SMILES string of the molecule is Cc1cc(C)nc(NN=Cc2ccc(N3N=C(c4ccccc4)CC3c3ccccc3)cc2)n1. The molecule has 0 saturated carbocycles. The van der Waals surface area contributed by atoms with E-state index in [-0.39, 0.29) is 6.04 Å². The molecule has 1 atom stereocenters. The molecule has 1 unspecified atom stereocenters. The third-order valence-corrected chi connectivity index (χ3v) is 5.72. The molecule has 3 aromatic carbocycles. The average Bonchev–Trinajstić information content (AvgIpc) is 3.31. The average molecular weight is 447 g/mol. The van der Waals surface area contributed by atoms with Crippen LogP contribution in [0, 0.1) is 13.8 Å². The van der Waals surface area contributed by atoms with Crippen LogP contribution in [0.25, 0.3) is 0 Å². The number of hydrogen-bond acceptors (Lipinski definition) is 6. The fraction of sp³-hybridized carbons (Fsp3) is 0.143. The standard InChI is InChI=1S/C28H26N6/c1-20-17-21(2)31-28(30-20)32-29-19-22-13-15-25(16-14-22)34-27(24-11-7-4-8-12-24)18-26(33-34)23-9-5-3-6-10-23/h3-17,19,27H,18H2,1-2H3,(H,30,31,32). The first kappa shape index (κ1) is 21.5. The highest BCUT2D eigenvalue weighted by molar-refractivity contribution is 6.03. The van der Waals surface area contributed by atoms with E-state index in [2.05, 4.69) is 86.2 Å². The zero-order chi connectivity index (χ0) is 23.3. The van der Waals surface area contributed by atoms with E-state index in [1.54, 1.807) is 6.21 Å². The van der Waals surface area contributed by atoms with Crippen LogP contribution in [0.2, 0.25) is 0 Å². The Morgan fingerprint density at radius 1 is 0.853 bits per heavy atom. The molecule has 1 aromatic heterocycles. The number of aromatic nitrogens is 2. The molecular formula is C28H26N6. The van der Waals surface area contributed by atoms with Crippen molar-refractivity contribution < 1.29 is 0 Å². The highest BCUT2D eigenvalue weighted by atomic mass is 15.5. The summed E-state index contributed by atoms with van der Waals surface area (Å²) >= 11 is 0. The maximum Gasteiger partial charge on any atom is 0.243 e. The van der Waals surface area contributed by atoms with Gasteiger partial charge < -0.3 is 0 Å². The number of nitrogens with zero attached hydrogens (tertiary/aromatic N) is 5. The molecule has 34 heavy (non-hydrogen) atoms. The number of anilines is 2. The van der Waals surface area contributed by atoms with Crippen molar-refractivity contribution in [2.24, 2.45) is 10.2 Å². The second kappa shape index (κ2) is 9.67. The van der Waals surface area contributed by atoms with E-state index in [0.29, 0.717) is 5.95 Å². The summed E-state index contributed by atoms with van der Waals surface area (Å²) in [6, 6.07) is 31.3. The van der Waals surface area contributed by atoms with Crippen LogP contribution < -0.4 is 10.4 Å². The van der Waals surface area contributed by atoms with Crippen LogP contribution in [-0.2, 0) is 0 Å². The normalized spacial score (nSPS) is 15.5. The molecule has 4 aromatic rings. The smallest absolute Gasteiger partial charge is 0.243 e. The summed E-state index contributed by atoms with van der Waals surface area (Å²) in [5.41, 5.74) is 10.3. The topological polar surface area (TPSA) is 65.8 Å². The van der Waals surface area contributed by atoms with Gasteiger partial charge in [0.15, 0.2) is 0 Å². The molecule has 0 aliphatic carbocycles. The molecule has 0 fully saturated rings. The fourth-order valence-electron chi connectivity index (χ4n) is 4.14. The second-order valence-electron chi connectivity index (χ2n) is 8.32. The predicted molar refractivity (Wildman–Crippen MR) is 138 cm³/mol. The van der Waals surface area contributed by atoms with Gasteiger partial charge in [0.2, 0.25) is 5.95 Å². The molecular weight excluding hydrogens is 420 g/mol. The first-order chi connectivity index (χ1) is 16.7. The molecule has 5 rings (SSSR count). The molecule has 0 spiro atoms. The van der Waals surface area contributed by atoms with Crippen LogP contribution in [-0.4, -0.2) is 21.9 Å². The Bertz CT molecular complexity index is 1290. The van der Waals surface area contributed by atoms with Crippen LogP contribution in [0.3, 0.4) is 0 Å². The second-order valence-corrected chi connectivity index (χ2v) is 8.32. The van der Waals surface area contributed by atoms with E-state index >= 15 is 0 Å². The molecule has 6 nitrogen and oxygen atoms in total. The van der Waals surface area contributed by atoms with Crippen molar-refractivity contribution in [1.29, 1.82) is 0 Å². The van der Waals surface area contributed by atoms with Crippen LogP contribution in [0.1, 0.15) is 40.5 Å². The highest BCUT2D eigenvalue weighted by Crippen LogP contribution is 2.36. The number of aryl methyl sites for hydroxylation is 2. The lowest BCUT2D eigenvalue weighted by Crippen LogP contribution is -2.18. The largest absolute Gasteiger partial charge is 0.257 e. The summed E-state index contributed by atoms with van der Waals surface area (Å²) in [6.45, 7) is 3.88. The number of hydrazone groups is 2. The molecule has 0 bridgehead atoms. The van der Waals surface area contributed by atoms with Gasteiger partial charge in [-0.1, -0.05) is 72.8 Å². The van der Waals surface area contributed by atoms with Gasteiger partial charge in [0.1, 0.15) is 0 Å². The summed E-state index contributed by atoms with van der Waals surface area (Å²) in [5.74, 6) is 0.496. The Labute approximate surface area is 199 Å². The number of hydrogen-bond donors (Lipinski definition) is 1. The van der Waals surface area contributed by atoms with Crippen molar-refractivity contribution in [3.63, 3.8) is 0 Å². The number of benzene rings is 3. The molecule has 2 heterocycles. The third kappa shape index (κ3) is 4.86. The zero-order valence-electron chi connectivity index (χ0n) is 19.3. The minimum Gasteiger partial charge on any atom is -0.257 e. The van der Waals surface area contributed by atoms with Gasteiger partial charge in [0.05, 0.1) is 23.7 Å². The lowest BCUT2D eigenvalue weighted by Gasteiger charge is -2.24. The number of rotatable bonds is 6. The Kier molecular flexibility index (Phi) is 6.12. The summed E-state index contributed by atoms with van der Waals surface area (Å²) in [4.78, 5) is 8.69. The van der Waals surface area contributed by atoms with Crippen molar-refractivity contribution in [1.82, 2.24) is 9.97 Å². The van der Waals surface area contributed by atoms with Crippen LogP contribution in [0.4, 0.5) is 11.6 Å². The maximum atomic E-state index is 5.02. The molecule has 0 radical (unpaired) electrons. The van der Waals surface area contributed by atoms with Gasteiger partial charge in [0.25, 0.3) is 0 Å². The monoisotopic (exact) mass is 446 g/mol. The van der Waals surface area contributed by atoms with Crippen molar-refractivity contribution in [2.75, 3.05) is 10.4 Å². The van der Waals surface area contributed by atoms with Gasteiger partial charge in [-0.3, -0.25) is 5.01 Å². The fourth-order valence-corrected chi connectivity index (χ4v) is 4.14. The Balaban J connectivity index is 1.36. The first-order valence-corrected chi connectivity index (χ1v) is 11.3. The van der Waals surface area contributed by atoms with Crippen molar-refractivity contribution >= 4 is 23.6 Å². The van der Waals surface area contributed by atoms with E-state index < -0.39 is 0 Å². The van der Waals surface area contributed by atoms with Gasteiger partial charge in [-0.15, -0.1) is 0 Å². The van der Waals surface area contributed by atoms with E-state index in [0.717, 1.165) is 40.3 Å². The summed E-state index contributed by atoms with van der Waals surface area (Å²) in [7, 11) is 0. The molecule has 1 aliphatic rings. The van der Waals surface area contributed by atoms with Crippen molar-refractivity contribution in [3.05, 3.63) is 119 Å². The van der Waals surface area contributed by atoms with Gasteiger partial charge >= 0.3 is 0 Å². The molecule has 0 amide bonds. The third-order valence-electron chi connectivity index (χ3n) is 5.72. The summed E-state index contributed by atoms with van der Waals surface area (Å²) < 4.78 is 0. The van der Waals surface area contributed by atoms with Crippen LogP contribution in [0.15, 0.2) is 101 Å². The maximum absolute atomic E-state index is 5.02. The first-order valence-electron chi connectivity index (χ1n) is 11.3.